The van der Waals surface area contributed by atoms with E-state index >= 15 is 0 Å². The van der Waals surface area contributed by atoms with Crippen molar-refractivity contribution in [1.82, 2.24) is 4.98 Å². The molecule has 5 aromatic rings. The zero-order chi connectivity index (χ0) is 23.7. The fourth-order valence-electron chi connectivity index (χ4n) is 6.57. The molecule has 174 valence electrons. The highest BCUT2D eigenvalue weighted by atomic mass is 16.5. The van der Waals surface area contributed by atoms with Gasteiger partial charge in [-0.1, -0.05) is 75.1 Å². The van der Waals surface area contributed by atoms with Crippen molar-refractivity contribution in [2.75, 3.05) is 0 Å². The summed E-state index contributed by atoms with van der Waals surface area (Å²) in [7, 11) is 0. The lowest BCUT2D eigenvalue weighted by atomic mass is 9.83. The first-order chi connectivity index (χ1) is 17.1. The van der Waals surface area contributed by atoms with Crippen molar-refractivity contribution in [1.29, 1.82) is 0 Å². The minimum absolute atomic E-state index is 0.342. The van der Waals surface area contributed by atoms with Crippen LogP contribution in [0.4, 0.5) is 0 Å². The van der Waals surface area contributed by atoms with Gasteiger partial charge >= 0.3 is 0 Å². The van der Waals surface area contributed by atoms with Crippen molar-refractivity contribution in [3.8, 4) is 22.8 Å². The first-order valence-corrected chi connectivity index (χ1v) is 13.2. The maximum Gasteiger partial charge on any atom is 0.140 e. The Morgan fingerprint density at radius 1 is 0.829 bits per heavy atom. The second-order valence-corrected chi connectivity index (χ2v) is 10.9. The second-order valence-electron chi connectivity index (χ2n) is 10.9. The second kappa shape index (κ2) is 7.81. The summed E-state index contributed by atoms with van der Waals surface area (Å²) >= 11 is 0. The maximum atomic E-state index is 6.83. The van der Waals surface area contributed by atoms with E-state index in [0.29, 0.717) is 11.8 Å². The zero-order valence-corrected chi connectivity index (χ0v) is 20.8. The van der Waals surface area contributed by atoms with Gasteiger partial charge in [-0.05, 0) is 82.3 Å². The van der Waals surface area contributed by atoms with Crippen LogP contribution in [-0.2, 0) is 0 Å². The first-order valence-electron chi connectivity index (χ1n) is 13.2. The Morgan fingerprint density at radius 3 is 2.46 bits per heavy atom. The molecule has 2 heteroatoms. The van der Waals surface area contributed by atoms with E-state index in [2.05, 4.69) is 75.4 Å². The van der Waals surface area contributed by atoms with Crippen LogP contribution in [0.25, 0.3) is 43.6 Å². The zero-order valence-electron chi connectivity index (χ0n) is 20.8. The molecule has 0 N–H and O–H groups in total. The molecule has 1 saturated carbocycles. The summed E-state index contributed by atoms with van der Waals surface area (Å²) < 4.78 is 6.83. The van der Waals surface area contributed by atoms with Crippen LogP contribution in [-0.4, -0.2) is 4.98 Å². The van der Waals surface area contributed by atoms with E-state index in [-0.39, 0.29) is 0 Å². The predicted octanol–water partition coefficient (Wildman–Crippen LogP) is 9.79. The smallest absolute Gasteiger partial charge is 0.140 e. The number of aryl methyl sites for hydroxylation is 1. The molecule has 1 aromatic heterocycles. The summed E-state index contributed by atoms with van der Waals surface area (Å²) in [4.78, 5) is 4.93. The Bertz CT molecular complexity index is 1640. The predicted molar refractivity (Wildman–Crippen MR) is 147 cm³/mol. The number of nitrogens with zero attached hydrogens (tertiary/aromatic N) is 1. The standard InChI is InChI=1S/C33H31NO/c1-19(2)30-26-11-9-20(3)15-23(26)17-28-32-31-27(13-14-34-32)25-12-10-22(21-7-5-4-6-8-21)16-24(25)18-29(31)35-33(28)30/h9-19,21H,4-8H2,1-3H3. The molecule has 2 aliphatic rings. The lowest BCUT2D eigenvalue weighted by Crippen LogP contribution is -2.05. The molecule has 0 bridgehead atoms. The summed E-state index contributed by atoms with van der Waals surface area (Å²) in [5, 5.41) is 7.48. The van der Waals surface area contributed by atoms with E-state index in [4.69, 9.17) is 9.72 Å². The topological polar surface area (TPSA) is 22.1 Å². The van der Waals surface area contributed by atoms with Crippen LogP contribution in [0.2, 0.25) is 0 Å². The van der Waals surface area contributed by atoms with Gasteiger partial charge in [0.2, 0.25) is 0 Å². The largest absolute Gasteiger partial charge is 0.456 e. The third-order valence-corrected chi connectivity index (χ3v) is 8.26. The van der Waals surface area contributed by atoms with Gasteiger partial charge in [-0.3, -0.25) is 4.98 Å². The van der Waals surface area contributed by atoms with E-state index in [1.54, 1.807) is 0 Å². The van der Waals surface area contributed by atoms with E-state index < -0.39 is 0 Å². The highest BCUT2D eigenvalue weighted by Crippen LogP contribution is 2.52. The molecule has 1 aliphatic carbocycles. The Labute approximate surface area is 207 Å². The lowest BCUT2D eigenvalue weighted by Gasteiger charge is -2.27. The van der Waals surface area contributed by atoms with Gasteiger partial charge in [-0.2, -0.15) is 0 Å². The molecule has 0 saturated heterocycles. The summed E-state index contributed by atoms with van der Waals surface area (Å²) in [6.07, 6.45) is 8.69. The molecule has 1 fully saturated rings. The quantitative estimate of drug-likeness (QED) is 0.241. The van der Waals surface area contributed by atoms with Gasteiger partial charge in [0.15, 0.2) is 0 Å². The minimum atomic E-state index is 0.342. The van der Waals surface area contributed by atoms with Crippen LogP contribution in [0.3, 0.4) is 0 Å². The van der Waals surface area contributed by atoms with Gasteiger partial charge in [0.1, 0.15) is 11.5 Å². The van der Waals surface area contributed by atoms with Gasteiger partial charge in [-0.25, -0.2) is 0 Å². The van der Waals surface area contributed by atoms with Gasteiger partial charge in [0.05, 0.1) is 11.1 Å². The summed E-state index contributed by atoms with van der Waals surface area (Å²) in [6.45, 7) is 6.68. The van der Waals surface area contributed by atoms with Crippen LogP contribution in [0.15, 0.2) is 60.8 Å². The number of aromatic nitrogens is 1. The Kier molecular flexibility index (Phi) is 4.67. The lowest BCUT2D eigenvalue weighted by molar-refractivity contribution is 0.444. The third kappa shape index (κ3) is 3.19. The molecule has 0 radical (unpaired) electrons. The highest BCUT2D eigenvalue weighted by molar-refractivity contribution is 6.16. The maximum absolute atomic E-state index is 6.83. The summed E-state index contributed by atoms with van der Waals surface area (Å²) in [5.74, 6) is 2.95. The van der Waals surface area contributed by atoms with Crippen molar-refractivity contribution < 1.29 is 4.74 Å². The van der Waals surface area contributed by atoms with Crippen LogP contribution in [0.5, 0.6) is 11.5 Å². The average Bonchev–Trinajstić information content (AvgIpc) is 2.87. The number of hydrogen-bond acceptors (Lipinski definition) is 2. The fraction of sp³-hybridized carbons (Fsp3) is 0.303. The van der Waals surface area contributed by atoms with Crippen molar-refractivity contribution in [2.24, 2.45) is 0 Å². The normalized spacial score (nSPS) is 15.7. The van der Waals surface area contributed by atoms with Gasteiger partial charge in [0, 0.05) is 17.3 Å². The van der Waals surface area contributed by atoms with E-state index in [0.717, 1.165) is 28.1 Å². The number of hydrogen-bond donors (Lipinski definition) is 0. The van der Waals surface area contributed by atoms with E-state index in [1.807, 2.05) is 6.20 Å². The van der Waals surface area contributed by atoms with Crippen LogP contribution >= 0.6 is 0 Å². The van der Waals surface area contributed by atoms with Crippen molar-refractivity contribution in [3.63, 3.8) is 0 Å². The molecule has 0 spiro atoms. The molecule has 7 rings (SSSR count). The molecular formula is C33H31NO. The Morgan fingerprint density at radius 2 is 1.63 bits per heavy atom. The fourth-order valence-corrected chi connectivity index (χ4v) is 6.57. The molecule has 0 unspecified atom stereocenters. The SMILES string of the molecule is Cc1ccc2c(C(C)C)c3c(cc2c1)-c1nccc2c1c(cc1cc(C4CCCCC4)ccc12)O3. The van der Waals surface area contributed by atoms with Crippen LogP contribution in [0, 0.1) is 6.92 Å². The summed E-state index contributed by atoms with van der Waals surface area (Å²) in [6, 6.07) is 20.6. The van der Waals surface area contributed by atoms with Gasteiger partial charge in [0.25, 0.3) is 0 Å². The molecule has 0 atom stereocenters. The van der Waals surface area contributed by atoms with Crippen LogP contribution < -0.4 is 4.74 Å². The van der Waals surface area contributed by atoms with E-state index in [1.165, 1.54) is 75.7 Å². The van der Waals surface area contributed by atoms with Gasteiger partial charge in [-0.15, -0.1) is 0 Å². The molecule has 0 amide bonds. The number of fused-ring (bicyclic) bond motifs is 5. The highest BCUT2D eigenvalue weighted by Gasteiger charge is 2.28. The number of benzene rings is 4. The molecule has 35 heavy (non-hydrogen) atoms. The molecular weight excluding hydrogens is 426 g/mol. The monoisotopic (exact) mass is 457 g/mol. The van der Waals surface area contributed by atoms with Crippen molar-refractivity contribution >= 4 is 32.3 Å². The molecule has 4 aromatic carbocycles. The van der Waals surface area contributed by atoms with Gasteiger partial charge < -0.3 is 4.74 Å². The first kappa shape index (κ1) is 20.9. The van der Waals surface area contributed by atoms with Crippen LogP contribution in [0.1, 0.15) is 74.5 Å². The average molecular weight is 458 g/mol. The third-order valence-electron chi connectivity index (χ3n) is 8.26. The molecule has 2 heterocycles. The number of rotatable bonds is 2. The molecule has 2 nitrogen and oxygen atoms in total. The number of ether oxygens (including phenoxy) is 1. The van der Waals surface area contributed by atoms with Crippen molar-refractivity contribution in [3.05, 3.63) is 77.5 Å². The minimum Gasteiger partial charge on any atom is -0.456 e. The molecule has 1 aliphatic heterocycles. The van der Waals surface area contributed by atoms with E-state index in [9.17, 15) is 0 Å². The Balaban J connectivity index is 1.51. The Hall–Kier alpha value is -3.39. The number of pyridine rings is 1. The van der Waals surface area contributed by atoms with Crippen molar-refractivity contribution in [2.45, 2.75) is 64.7 Å². The summed E-state index contributed by atoms with van der Waals surface area (Å²) in [5.41, 5.74) is 6.19.